The number of hydrogen-bond acceptors (Lipinski definition) is 3. The van der Waals surface area contributed by atoms with Gasteiger partial charge in [0.25, 0.3) is 0 Å². The van der Waals surface area contributed by atoms with Crippen LogP contribution in [0.4, 0.5) is 0 Å². The van der Waals surface area contributed by atoms with E-state index in [0.717, 1.165) is 40.1 Å². The van der Waals surface area contributed by atoms with Gasteiger partial charge in [-0.05, 0) is 44.0 Å². The molecule has 2 aliphatic heterocycles. The molecule has 0 atom stereocenters. The molecule has 0 aliphatic carbocycles. The molecule has 0 saturated carbocycles. The molecule has 0 unspecified atom stereocenters. The van der Waals surface area contributed by atoms with Crippen molar-refractivity contribution in [3.8, 4) is 11.5 Å². The number of nitrogens with zero attached hydrogens (tertiary/aromatic N) is 1. The summed E-state index contributed by atoms with van der Waals surface area (Å²) < 4.78 is 12.5. The lowest BCUT2D eigenvalue weighted by Gasteiger charge is -2.31. The molecule has 0 N–H and O–H groups in total. The number of halogens is 1. The molecule has 4 heteroatoms. The molecule has 2 aromatic rings. The zero-order valence-electron chi connectivity index (χ0n) is 14.1. The van der Waals surface area contributed by atoms with Gasteiger partial charge in [0.15, 0.2) is 11.5 Å². The van der Waals surface area contributed by atoms with E-state index in [9.17, 15) is 0 Å². The lowest BCUT2D eigenvalue weighted by molar-refractivity contribution is 0.325. The maximum atomic E-state index is 5.86. The average molecular weight is 386 g/mol. The Kier molecular flexibility index (Phi) is 3.68. The third-order valence-electron chi connectivity index (χ3n) is 4.62. The van der Waals surface area contributed by atoms with Gasteiger partial charge in [-0.25, -0.2) is 0 Å². The van der Waals surface area contributed by atoms with Gasteiger partial charge in [-0.2, -0.15) is 0 Å². The van der Waals surface area contributed by atoms with Crippen LogP contribution in [0.5, 0.6) is 11.5 Å². The minimum absolute atomic E-state index is 0.136. The number of hydrogen-bond donors (Lipinski definition) is 0. The van der Waals surface area contributed by atoms with E-state index >= 15 is 0 Å². The van der Waals surface area contributed by atoms with Crippen LogP contribution in [0.1, 0.15) is 36.1 Å². The summed E-state index contributed by atoms with van der Waals surface area (Å²) in [6.45, 7) is 5.07. The van der Waals surface area contributed by atoms with E-state index in [4.69, 9.17) is 14.5 Å². The van der Waals surface area contributed by atoms with Crippen LogP contribution in [0.2, 0.25) is 0 Å². The maximum absolute atomic E-state index is 5.86. The number of rotatable bonds is 2. The molecule has 0 amide bonds. The molecule has 0 saturated heterocycles. The standard InChI is InChI=1S/C20H20BrNO2/c1-20(2)11-13-10-16(23-3)19-15(7-8-24-19)17(13)18(22-20)12-5-4-6-14(21)9-12/h4-6,9-10H,7-8,11H2,1-3H3. The fourth-order valence-electron chi connectivity index (χ4n) is 3.70. The van der Waals surface area contributed by atoms with Crippen LogP contribution in [0.3, 0.4) is 0 Å². The molecular weight excluding hydrogens is 366 g/mol. The van der Waals surface area contributed by atoms with Gasteiger partial charge >= 0.3 is 0 Å². The summed E-state index contributed by atoms with van der Waals surface area (Å²) in [6, 6.07) is 10.5. The second-order valence-electron chi connectivity index (χ2n) is 6.98. The van der Waals surface area contributed by atoms with Crippen molar-refractivity contribution in [2.45, 2.75) is 32.2 Å². The highest BCUT2D eigenvalue weighted by atomic mass is 79.9. The van der Waals surface area contributed by atoms with Gasteiger partial charge in [-0.15, -0.1) is 0 Å². The van der Waals surface area contributed by atoms with Gasteiger partial charge in [0.1, 0.15) is 0 Å². The lowest BCUT2D eigenvalue weighted by atomic mass is 9.82. The Hall–Kier alpha value is -1.81. The molecule has 2 aromatic carbocycles. The highest BCUT2D eigenvalue weighted by Crippen LogP contribution is 2.44. The second kappa shape index (κ2) is 5.62. The van der Waals surface area contributed by atoms with Crippen molar-refractivity contribution in [3.63, 3.8) is 0 Å². The van der Waals surface area contributed by atoms with Crippen molar-refractivity contribution >= 4 is 21.6 Å². The first-order chi connectivity index (χ1) is 11.5. The Labute approximate surface area is 150 Å². The Balaban J connectivity index is 1.99. The van der Waals surface area contributed by atoms with Gasteiger partial charge in [0.2, 0.25) is 0 Å². The quantitative estimate of drug-likeness (QED) is 0.758. The van der Waals surface area contributed by atoms with Crippen LogP contribution in [0.15, 0.2) is 39.8 Å². The van der Waals surface area contributed by atoms with E-state index < -0.39 is 0 Å². The summed E-state index contributed by atoms with van der Waals surface area (Å²) in [5, 5.41) is 0. The predicted molar refractivity (Wildman–Crippen MR) is 99.8 cm³/mol. The fraction of sp³-hybridized carbons (Fsp3) is 0.350. The molecule has 24 heavy (non-hydrogen) atoms. The number of fused-ring (bicyclic) bond motifs is 3. The Morgan fingerprint density at radius 3 is 2.83 bits per heavy atom. The summed E-state index contributed by atoms with van der Waals surface area (Å²) in [5.74, 6) is 1.73. The third-order valence-corrected chi connectivity index (χ3v) is 5.11. The van der Waals surface area contributed by atoms with Crippen molar-refractivity contribution in [2.24, 2.45) is 4.99 Å². The molecule has 0 bridgehead atoms. The molecule has 124 valence electrons. The normalized spacial score (nSPS) is 17.6. The molecule has 0 spiro atoms. The first kappa shape index (κ1) is 15.7. The van der Waals surface area contributed by atoms with Gasteiger partial charge in [0, 0.05) is 27.6 Å². The van der Waals surface area contributed by atoms with Crippen molar-refractivity contribution in [1.29, 1.82) is 0 Å². The van der Waals surface area contributed by atoms with Crippen molar-refractivity contribution in [2.75, 3.05) is 13.7 Å². The van der Waals surface area contributed by atoms with Crippen molar-refractivity contribution < 1.29 is 9.47 Å². The van der Waals surface area contributed by atoms with E-state index in [1.165, 1.54) is 16.7 Å². The Morgan fingerprint density at radius 2 is 2.08 bits per heavy atom. The Morgan fingerprint density at radius 1 is 1.25 bits per heavy atom. The summed E-state index contributed by atoms with van der Waals surface area (Å²) in [6.07, 6.45) is 1.81. The molecular formula is C20H20BrNO2. The van der Waals surface area contributed by atoms with Crippen LogP contribution < -0.4 is 9.47 Å². The topological polar surface area (TPSA) is 30.8 Å². The maximum Gasteiger partial charge on any atom is 0.165 e. The third kappa shape index (κ3) is 2.53. The van der Waals surface area contributed by atoms with E-state index in [-0.39, 0.29) is 5.54 Å². The van der Waals surface area contributed by atoms with E-state index in [2.05, 4.69) is 54.0 Å². The van der Waals surface area contributed by atoms with Crippen LogP contribution in [0.25, 0.3) is 0 Å². The number of methoxy groups -OCH3 is 1. The Bertz CT molecular complexity index is 855. The second-order valence-corrected chi connectivity index (χ2v) is 7.89. The lowest BCUT2D eigenvalue weighted by Crippen LogP contribution is -2.30. The van der Waals surface area contributed by atoms with E-state index in [1.54, 1.807) is 7.11 Å². The highest BCUT2D eigenvalue weighted by molar-refractivity contribution is 9.10. The first-order valence-electron chi connectivity index (χ1n) is 8.20. The van der Waals surface area contributed by atoms with Gasteiger partial charge in [-0.3, -0.25) is 4.99 Å². The van der Waals surface area contributed by atoms with Crippen LogP contribution in [0, 0.1) is 0 Å². The summed E-state index contributed by atoms with van der Waals surface area (Å²) in [7, 11) is 1.71. The molecule has 3 nitrogen and oxygen atoms in total. The van der Waals surface area contributed by atoms with Crippen LogP contribution in [-0.2, 0) is 12.8 Å². The zero-order valence-corrected chi connectivity index (χ0v) is 15.7. The molecule has 0 aromatic heterocycles. The minimum atomic E-state index is -0.136. The summed E-state index contributed by atoms with van der Waals surface area (Å²) >= 11 is 3.58. The first-order valence-corrected chi connectivity index (χ1v) is 8.99. The molecule has 4 rings (SSSR count). The van der Waals surface area contributed by atoms with Crippen molar-refractivity contribution in [1.82, 2.24) is 0 Å². The smallest absolute Gasteiger partial charge is 0.165 e. The fourth-order valence-corrected chi connectivity index (χ4v) is 4.10. The molecule has 2 heterocycles. The van der Waals surface area contributed by atoms with Gasteiger partial charge in [0.05, 0.1) is 25.0 Å². The zero-order chi connectivity index (χ0) is 16.9. The number of benzene rings is 2. The largest absolute Gasteiger partial charge is 0.493 e. The molecule has 0 fully saturated rings. The van der Waals surface area contributed by atoms with Crippen LogP contribution in [-0.4, -0.2) is 25.0 Å². The van der Waals surface area contributed by atoms with E-state index in [0.29, 0.717) is 6.61 Å². The van der Waals surface area contributed by atoms with Gasteiger partial charge in [-0.1, -0.05) is 28.1 Å². The van der Waals surface area contributed by atoms with Gasteiger partial charge < -0.3 is 9.47 Å². The van der Waals surface area contributed by atoms with Crippen LogP contribution >= 0.6 is 15.9 Å². The summed E-state index contributed by atoms with van der Waals surface area (Å²) in [4.78, 5) is 5.10. The monoisotopic (exact) mass is 385 g/mol. The summed E-state index contributed by atoms with van der Waals surface area (Å²) in [5.41, 5.74) is 5.83. The highest BCUT2D eigenvalue weighted by Gasteiger charge is 2.33. The van der Waals surface area contributed by atoms with E-state index in [1.807, 2.05) is 6.07 Å². The van der Waals surface area contributed by atoms with Crippen molar-refractivity contribution in [3.05, 3.63) is 57.1 Å². The minimum Gasteiger partial charge on any atom is -0.493 e. The average Bonchev–Trinajstić information content (AvgIpc) is 3.01. The molecule has 2 aliphatic rings. The predicted octanol–water partition coefficient (Wildman–Crippen LogP) is 4.56. The molecule has 0 radical (unpaired) electrons. The number of aliphatic imine (C=N–C) groups is 1. The number of ether oxygens (including phenoxy) is 2. The SMILES string of the molecule is COc1cc2c(c3c1OCC3)C(c1cccc(Br)c1)=NC(C)(C)C2.